The molecule has 126 valence electrons. The number of nitrogen functional groups attached to an aromatic ring is 2. The van der Waals surface area contributed by atoms with Crippen LogP contribution in [-0.4, -0.2) is 22.7 Å². The summed E-state index contributed by atoms with van der Waals surface area (Å²) in [5, 5.41) is 12.5. The molecule has 0 bridgehead atoms. The molecule has 7 heteroatoms. The number of hydrogen-bond donors (Lipinski definition) is 3. The quantitative estimate of drug-likeness (QED) is 0.628. The van der Waals surface area contributed by atoms with Gasteiger partial charge in [-0.15, -0.1) is 0 Å². The maximum atomic E-state index is 12.0. The highest BCUT2D eigenvalue weighted by molar-refractivity contribution is 8.00. The first kappa shape index (κ1) is 19.1. The normalized spacial score (nSPS) is 12.0. The van der Waals surface area contributed by atoms with Gasteiger partial charge in [-0.05, 0) is 19.3 Å². The van der Waals surface area contributed by atoms with Crippen LogP contribution < -0.4 is 16.8 Å². The standard InChI is InChI=1S/C16H25N5OS/c1-10(2)5-4-6-11(3)20-15(22)9-23-16-12(8-17)13(18)7-14(19)21-16/h7,10-11H,4-6,9H2,1-3H3,(H,20,22)(H4,18,19,21)/t11-/m0/s1. The maximum Gasteiger partial charge on any atom is 0.230 e. The van der Waals surface area contributed by atoms with Crippen LogP contribution in [0.2, 0.25) is 0 Å². The molecule has 0 unspecified atom stereocenters. The zero-order valence-electron chi connectivity index (χ0n) is 13.9. The molecule has 1 heterocycles. The number of carbonyl (C=O) groups excluding carboxylic acids is 1. The highest BCUT2D eigenvalue weighted by Gasteiger charge is 2.13. The van der Waals surface area contributed by atoms with Crippen molar-refractivity contribution in [3.05, 3.63) is 11.6 Å². The molecule has 1 aromatic heterocycles. The predicted molar refractivity (Wildman–Crippen MR) is 94.8 cm³/mol. The molecular weight excluding hydrogens is 310 g/mol. The van der Waals surface area contributed by atoms with Crippen LogP contribution in [0.25, 0.3) is 0 Å². The highest BCUT2D eigenvalue weighted by Crippen LogP contribution is 2.26. The van der Waals surface area contributed by atoms with E-state index in [0.717, 1.165) is 19.3 Å². The van der Waals surface area contributed by atoms with Crippen LogP contribution in [0.1, 0.15) is 45.6 Å². The zero-order valence-corrected chi connectivity index (χ0v) is 14.7. The van der Waals surface area contributed by atoms with Gasteiger partial charge in [-0.3, -0.25) is 4.79 Å². The number of nitrogens with two attached hydrogens (primary N) is 2. The van der Waals surface area contributed by atoms with E-state index in [1.807, 2.05) is 13.0 Å². The fourth-order valence-corrected chi connectivity index (χ4v) is 2.96. The van der Waals surface area contributed by atoms with Crippen molar-refractivity contribution in [3.63, 3.8) is 0 Å². The fourth-order valence-electron chi connectivity index (χ4n) is 2.13. The summed E-state index contributed by atoms with van der Waals surface area (Å²) in [6, 6.07) is 3.58. The van der Waals surface area contributed by atoms with E-state index in [0.29, 0.717) is 10.9 Å². The number of nitrogens with zero attached hydrogens (tertiary/aromatic N) is 2. The molecular formula is C16H25N5OS. The Morgan fingerprint density at radius 3 is 2.70 bits per heavy atom. The molecule has 0 radical (unpaired) electrons. The summed E-state index contributed by atoms with van der Waals surface area (Å²) in [5.74, 6) is 1.02. The number of nitriles is 1. The van der Waals surface area contributed by atoms with Gasteiger partial charge in [0.1, 0.15) is 22.5 Å². The Morgan fingerprint density at radius 2 is 2.09 bits per heavy atom. The largest absolute Gasteiger partial charge is 0.397 e. The molecule has 5 N–H and O–H groups in total. The van der Waals surface area contributed by atoms with Gasteiger partial charge < -0.3 is 16.8 Å². The Labute approximate surface area is 142 Å². The lowest BCUT2D eigenvalue weighted by atomic mass is 10.0. The molecule has 0 saturated carbocycles. The van der Waals surface area contributed by atoms with Crippen molar-refractivity contribution in [2.45, 2.75) is 51.1 Å². The number of nitrogens with one attached hydrogen (secondary N) is 1. The summed E-state index contributed by atoms with van der Waals surface area (Å²) >= 11 is 1.17. The van der Waals surface area contributed by atoms with Crippen LogP contribution in [0, 0.1) is 17.2 Å². The lowest BCUT2D eigenvalue weighted by Gasteiger charge is -2.14. The third kappa shape index (κ3) is 6.78. The molecule has 23 heavy (non-hydrogen) atoms. The summed E-state index contributed by atoms with van der Waals surface area (Å²) < 4.78 is 0. The average Bonchev–Trinajstić information content (AvgIpc) is 2.44. The highest BCUT2D eigenvalue weighted by atomic mass is 32.2. The second-order valence-corrected chi connectivity index (χ2v) is 6.97. The van der Waals surface area contributed by atoms with E-state index in [-0.39, 0.29) is 34.8 Å². The zero-order chi connectivity index (χ0) is 17.4. The second kappa shape index (κ2) is 9.26. The molecule has 1 amide bonds. The summed E-state index contributed by atoms with van der Waals surface area (Å²) in [7, 11) is 0. The van der Waals surface area contributed by atoms with Gasteiger partial charge in [-0.2, -0.15) is 5.26 Å². The third-order valence-corrected chi connectivity index (χ3v) is 4.29. The van der Waals surface area contributed by atoms with E-state index in [1.54, 1.807) is 0 Å². The minimum atomic E-state index is -0.0845. The summed E-state index contributed by atoms with van der Waals surface area (Å²) in [5.41, 5.74) is 11.9. The molecule has 0 aliphatic heterocycles. The number of pyridine rings is 1. The number of anilines is 2. The lowest BCUT2D eigenvalue weighted by Crippen LogP contribution is -2.33. The Bertz CT molecular complexity index is 583. The fraction of sp³-hybridized carbons (Fsp3) is 0.562. The molecule has 1 rings (SSSR count). The van der Waals surface area contributed by atoms with E-state index in [4.69, 9.17) is 16.7 Å². The van der Waals surface area contributed by atoms with Crippen molar-refractivity contribution in [1.29, 1.82) is 5.26 Å². The third-order valence-electron chi connectivity index (χ3n) is 3.31. The number of thioether (sulfide) groups is 1. The van der Waals surface area contributed by atoms with Gasteiger partial charge in [-0.1, -0.05) is 38.5 Å². The van der Waals surface area contributed by atoms with E-state index >= 15 is 0 Å². The number of rotatable bonds is 8. The van der Waals surface area contributed by atoms with Crippen LogP contribution in [0.3, 0.4) is 0 Å². The second-order valence-electron chi connectivity index (χ2n) is 6.01. The first-order valence-corrected chi connectivity index (χ1v) is 8.70. The van der Waals surface area contributed by atoms with Crippen LogP contribution in [-0.2, 0) is 4.79 Å². The number of aromatic nitrogens is 1. The van der Waals surface area contributed by atoms with Crippen molar-refractivity contribution in [2.24, 2.45) is 5.92 Å². The van der Waals surface area contributed by atoms with Gasteiger partial charge in [-0.25, -0.2) is 4.98 Å². The summed E-state index contributed by atoms with van der Waals surface area (Å²) in [4.78, 5) is 16.1. The van der Waals surface area contributed by atoms with Crippen molar-refractivity contribution in [3.8, 4) is 6.07 Å². The Hall–Kier alpha value is -1.94. The van der Waals surface area contributed by atoms with Crippen LogP contribution in [0.5, 0.6) is 0 Å². The molecule has 0 saturated heterocycles. The van der Waals surface area contributed by atoms with Crippen molar-refractivity contribution in [1.82, 2.24) is 10.3 Å². The number of amides is 1. The van der Waals surface area contributed by atoms with Crippen molar-refractivity contribution >= 4 is 29.2 Å². The Kier molecular flexibility index (Phi) is 7.69. The minimum absolute atomic E-state index is 0.0845. The summed E-state index contributed by atoms with van der Waals surface area (Å²) in [6.07, 6.45) is 3.21. The van der Waals surface area contributed by atoms with Gasteiger partial charge in [0, 0.05) is 12.1 Å². The number of carbonyl (C=O) groups is 1. The Balaban J connectivity index is 2.49. The van der Waals surface area contributed by atoms with Crippen LogP contribution >= 0.6 is 11.8 Å². The molecule has 6 nitrogen and oxygen atoms in total. The van der Waals surface area contributed by atoms with Crippen LogP contribution in [0.15, 0.2) is 11.1 Å². The van der Waals surface area contributed by atoms with Gasteiger partial charge in [0.15, 0.2) is 0 Å². The lowest BCUT2D eigenvalue weighted by molar-refractivity contribution is -0.119. The van der Waals surface area contributed by atoms with Gasteiger partial charge in [0.25, 0.3) is 0 Å². The molecule has 0 aromatic carbocycles. The van der Waals surface area contributed by atoms with Crippen molar-refractivity contribution < 1.29 is 4.79 Å². The summed E-state index contributed by atoms with van der Waals surface area (Å²) in [6.45, 7) is 6.38. The van der Waals surface area contributed by atoms with Gasteiger partial charge in [0.2, 0.25) is 5.91 Å². The minimum Gasteiger partial charge on any atom is -0.397 e. The molecule has 1 aromatic rings. The molecule has 0 aliphatic rings. The average molecular weight is 335 g/mol. The number of hydrogen-bond acceptors (Lipinski definition) is 6. The molecule has 0 spiro atoms. The molecule has 0 aliphatic carbocycles. The first-order valence-electron chi connectivity index (χ1n) is 7.71. The maximum absolute atomic E-state index is 12.0. The van der Waals surface area contributed by atoms with Gasteiger partial charge in [0.05, 0.1) is 11.4 Å². The molecule has 0 fully saturated rings. The van der Waals surface area contributed by atoms with Crippen molar-refractivity contribution in [2.75, 3.05) is 17.2 Å². The first-order chi connectivity index (χ1) is 10.8. The predicted octanol–water partition coefficient (Wildman–Crippen LogP) is 2.54. The van der Waals surface area contributed by atoms with E-state index in [1.165, 1.54) is 17.8 Å². The Morgan fingerprint density at radius 1 is 1.39 bits per heavy atom. The van der Waals surface area contributed by atoms with Gasteiger partial charge >= 0.3 is 0 Å². The van der Waals surface area contributed by atoms with Crippen LogP contribution in [0.4, 0.5) is 11.5 Å². The molecule has 1 atom stereocenters. The SMILES string of the molecule is CC(C)CCC[C@H](C)NC(=O)CSc1nc(N)cc(N)c1C#N. The van der Waals surface area contributed by atoms with E-state index in [2.05, 4.69) is 24.1 Å². The smallest absolute Gasteiger partial charge is 0.230 e. The monoisotopic (exact) mass is 335 g/mol. The van der Waals surface area contributed by atoms with E-state index in [9.17, 15) is 4.79 Å². The van der Waals surface area contributed by atoms with E-state index < -0.39 is 0 Å². The topological polar surface area (TPSA) is 118 Å².